The van der Waals surface area contributed by atoms with Gasteiger partial charge in [-0.2, -0.15) is 0 Å². The summed E-state index contributed by atoms with van der Waals surface area (Å²) in [6.45, 7) is 0.566. The van der Waals surface area contributed by atoms with Gasteiger partial charge in [0.05, 0.1) is 19.1 Å². The smallest absolute Gasteiger partial charge is 0.231 e. The molecule has 1 amide bonds. The number of nitrogens with one attached hydrogen (secondary N) is 1. The Kier molecular flexibility index (Phi) is 4.29. The van der Waals surface area contributed by atoms with Crippen molar-refractivity contribution < 1.29 is 14.3 Å². The minimum absolute atomic E-state index is 0.0972. The topological polar surface area (TPSA) is 73.3 Å². The first-order chi connectivity index (χ1) is 10.8. The van der Waals surface area contributed by atoms with Crippen LogP contribution in [-0.2, 0) is 9.53 Å². The molecule has 1 saturated heterocycles. The summed E-state index contributed by atoms with van der Waals surface area (Å²) in [5.41, 5.74) is 0.964. The molecule has 6 nitrogen and oxygen atoms in total. The second kappa shape index (κ2) is 6.53. The van der Waals surface area contributed by atoms with E-state index < -0.39 is 0 Å². The summed E-state index contributed by atoms with van der Waals surface area (Å²) in [5, 5.41) is 2.83. The maximum atomic E-state index is 12.5. The zero-order valence-electron chi connectivity index (χ0n) is 12.2. The van der Waals surface area contributed by atoms with E-state index in [1.165, 1.54) is 0 Å². The van der Waals surface area contributed by atoms with Crippen molar-refractivity contribution >= 4 is 11.7 Å². The van der Waals surface area contributed by atoms with Crippen molar-refractivity contribution in [2.75, 3.05) is 19.0 Å². The number of methoxy groups -OCH3 is 1. The molecule has 0 spiro atoms. The molecule has 0 bridgehead atoms. The van der Waals surface area contributed by atoms with Crippen molar-refractivity contribution in [2.45, 2.75) is 12.5 Å². The van der Waals surface area contributed by atoms with Crippen molar-refractivity contribution in [3.05, 3.63) is 48.4 Å². The zero-order valence-corrected chi connectivity index (χ0v) is 12.2. The molecule has 0 aromatic carbocycles. The maximum absolute atomic E-state index is 12.5. The maximum Gasteiger partial charge on any atom is 0.231 e. The Hall–Kier alpha value is -2.47. The SMILES string of the molecule is COc1ccnc(NC(=O)[C@@H]2CCO[C@H]2c2ccncc2)c1. The number of carbonyl (C=O) groups is 1. The lowest BCUT2D eigenvalue weighted by molar-refractivity contribution is -0.121. The molecule has 2 aromatic rings. The lowest BCUT2D eigenvalue weighted by Crippen LogP contribution is -2.25. The van der Waals surface area contributed by atoms with Crippen molar-refractivity contribution in [3.8, 4) is 5.75 Å². The summed E-state index contributed by atoms with van der Waals surface area (Å²) < 4.78 is 10.9. The molecule has 1 fully saturated rings. The quantitative estimate of drug-likeness (QED) is 0.937. The molecule has 3 rings (SSSR count). The van der Waals surface area contributed by atoms with Crippen LogP contribution in [0.2, 0.25) is 0 Å². The largest absolute Gasteiger partial charge is 0.497 e. The van der Waals surface area contributed by atoms with Gasteiger partial charge in [0.15, 0.2) is 0 Å². The van der Waals surface area contributed by atoms with E-state index in [4.69, 9.17) is 9.47 Å². The van der Waals surface area contributed by atoms with E-state index in [0.717, 1.165) is 5.56 Å². The molecule has 1 aliphatic heterocycles. The fourth-order valence-corrected chi connectivity index (χ4v) is 2.57. The van der Waals surface area contributed by atoms with Gasteiger partial charge in [-0.25, -0.2) is 4.98 Å². The molecule has 3 heterocycles. The highest BCUT2D eigenvalue weighted by atomic mass is 16.5. The highest BCUT2D eigenvalue weighted by Crippen LogP contribution is 2.35. The number of pyridine rings is 2. The summed E-state index contributed by atoms with van der Waals surface area (Å²) in [7, 11) is 1.57. The van der Waals surface area contributed by atoms with Crippen LogP contribution in [0.5, 0.6) is 5.75 Å². The third kappa shape index (κ3) is 3.07. The van der Waals surface area contributed by atoms with E-state index in [1.54, 1.807) is 37.8 Å². The molecule has 114 valence electrons. The van der Waals surface area contributed by atoms with Crippen LogP contribution >= 0.6 is 0 Å². The fraction of sp³-hybridized carbons (Fsp3) is 0.312. The molecule has 0 radical (unpaired) electrons. The van der Waals surface area contributed by atoms with Crippen molar-refractivity contribution in [1.82, 2.24) is 9.97 Å². The number of anilines is 1. The Morgan fingerprint density at radius 3 is 2.91 bits per heavy atom. The molecular weight excluding hydrogens is 282 g/mol. The van der Waals surface area contributed by atoms with E-state index in [1.807, 2.05) is 12.1 Å². The average molecular weight is 299 g/mol. The minimum Gasteiger partial charge on any atom is -0.497 e. The van der Waals surface area contributed by atoms with Crippen LogP contribution < -0.4 is 10.1 Å². The number of nitrogens with zero attached hydrogens (tertiary/aromatic N) is 2. The summed E-state index contributed by atoms with van der Waals surface area (Å²) in [6, 6.07) is 7.17. The highest BCUT2D eigenvalue weighted by Gasteiger charge is 2.35. The van der Waals surface area contributed by atoms with Crippen LogP contribution in [-0.4, -0.2) is 29.6 Å². The number of hydrogen-bond acceptors (Lipinski definition) is 5. The predicted molar refractivity (Wildman–Crippen MR) is 80.5 cm³/mol. The first kappa shape index (κ1) is 14.5. The number of carbonyl (C=O) groups excluding carboxylic acids is 1. The fourth-order valence-electron chi connectivity index (χ4n) is 2.57. The molecular formula is C16H17N3O3. The van der Waals surface area contributed by atoms with Crippen molar-refractivity contribution in [1.29, 1.82) is 0 Å². The molecule has 22 heavy (non-hydrogen) atoms. The third-order valence-corrected chi connectivity index (χ3v) is 3.68. The van der Waals surface area contributed by atoms with Gasteiger partial charge in [0.1, 0.15) is 11.6 Å². The number of ether oxygens (including phenoxy) is 2. The third-order valence-electron chi connectivity index (χ3n) is 3.68. The zero-order chi connectivity index (χ0) is 15.4. The van der Waals surface area contributed by atoms with Crippen molar-refractivity contribution in [2.24, 2.45) is 5.92 Å². The summed E-state index contributed by atoms with van der Waals surface area (Å²) >= 11 is 0. The van der Waals surface area contributed by atoms with Crippen LogP contribution in [0.25, 0.3) is 0 Å². The summed E-state index contributed by atoms with van der Waals surface area (Å²) in [4.78, 5) is 20.6. The van der Waals surface area contributed by atoms with E-state index in [2.05, 4.69) is 15.3 Å². The molecule has 0 saturated carbocycles. The molecule has 1 N–H and O–H groups in total. The second-order valence-electron chi connectivity index (χ2n) is 5.04. The molecule has 1 aliphatic rings. The lowest BCUT2D eigenvalue weighted by Gasteiger charge is -2.18. The number of aromatic nitrogens is 2. The van der Waals surface area contributed by atoms with Crippen LogP contribution in [0.3, 0.4) is 0 Å². The van der Waals surface area contributed by atoms with Crippen LogP contribution in [0.4, 0.5) is 5.82 Å². The average Bonchev–Trinajstić information content (AvgIpc) is 3.05. The van der Waals surface area contributed by atoms with Gasteiger partial charge >= 0.3 is 0 Å². The van der Waals surface area contributed by atoms with E-state index in [0.29, 0.717) is 24.6 Å². The molecule has 2 atom stereocenters. The molecule has 0 aliphatic carbocycles. The highest BCUT2D eigenvalue weighted by molar-refractivity contribution is 5.92. The Bertz CT molecular complexity index is 648. The Balaban J connectivity index is 1.73. The standard InChI is InChI=1S/C16H17N3O3/c1-21-12-4-8-18-14(10-12)19-16(20)13-5-9-22-15(13)11-2-6-17-7-3-11/h2-4,6-8,10,13,15H,5,9H2,1H3,(H,18,19,20)/t13-,15+/m1/s1. The normalized spacial score (nSPS) is 20.6. The van der Waals surface area contributed by atoms with Gasteiger partial charge in [0, 0.05) is 31.3 Å². The van der Waals surface area contributed by atoms with E-state index >= 15 is 0 Å². The van der Waals surface area contributed by atoms with Crippen LogP contribution in [0.1, 0.15) is 18.1 Å². The van der Waals surface area contributed by atoms with Crippen molar-refractivity contribution in [3.63, 3.8) is 0 Å². The second-order valence-corrected chi connectivity index (χ2v) is 5.04. The first-order valence-corrected chi connectivity index (χ1v) is 7.10. The Morgan fingerprint density at radius 1 is 1.32 bits per heavy atom. The number of rotatable bonds is 4. The first-order valence-electron chi connectivity index (χ1n) is 7.10. The van der Waals surface area contributed by atoms with Gasteiger partial charge in [-0.1, -0.05) is 0 Å². The molecule has 0 unspecified atom stereocenters. The molecule has 6 heteroatoms. The van der Waals surface area contributed by atoms with E-state index in [-0.39, 0.29) is 17.9 Å². The summed E-state index contributed by atoms with van der Waals surface area (Å²) in [5.74, 6) is 0.791. The summed E-state index contributed by atoms with van der Waals surface area (Å²) in [6.07, 6.45) is 5.45. The van der Waals surface area contributed by atoms with Crippen LogP contribution in [0, 0.1) is 5.92 Å². The van der Waals surface area contributed by atoms with Gasteiger partial charge in [-0.05, 0) is 30.2 Å². The van der Waals surface area contributed by atoms with Gasteiger partial charge in [0.2, 0.25) is 5.91 Å². The lowest BCUT2D eigenvalue weighted by atomic mass is 9.95. The Morgan fingerprint density at radius 2 is 2.14 bits per heavy atom. The minimum atomic E-state index is -0.242. The van der Waals surface area contributed by atoms with Gasteiger partial charge in [0.25, 0.3) is 0 Å². The monoisotopic (exact) mass is 299 g/mol. The van der Waals surface area contributed by atoms with Gasteiger partial charge < -0.3 is 14.8 Å². The predicted octanol–water partition coefficient (Wildman–Crippen LogP) is 2.20. The van der Waals surface area contributed by atoms with Gasteiger partial charge in [-0.3, -0.25) is 9.78 Å². The van der Waals surface area contributed by atoms with Gasteiger partial charge in [-0.15, -0.1) is 0 Å². The number of amides is 1. The molecule has 2 aromatic heterocycles. The number of hydrogen-bond donors (Lipinski definition) is 1. The van der Waals surface area contributed by atoms with E-state index in [9.17, 15) is 4.79 Å². The Labute approximate surface area is 128 Å². The van der Waals surface area contributed by atoms with Crippen LogP contribution in [0.15, 0.2) is 42.9 Å².